The number of hydrogen-bond acceptors (Lipinski definition) is 2. The van der Waals surface area contributed by atoms with Gasteiger partial charge in [0.1, 0.15) is 6.79 Å². The van der Waals surface area contributed by atoms with Crippen LogP contribution in [0.3, 0.4) is 0 Å². The van der Waals surface area contributed by atoms with Gasteiger partial charge in [0.15, 0.2) is 0 Å². The van der Waals surface area contributed by atoms with Gasteiger partial charge in [-0.05, 0) is 12.0 Å². The van der Waals surface area contributed by atoms with E-state index >= 15 is 0 Å². The molecule has 0 aromatic heterocycles. The fourth-order valence-electron chi connectivity index (χ4n) is 1.91. The number of halogens is 1. The minimum atomic E-state index is 0. The van der Waals surface area contributed by atoms with Gasteiger partial charge in [-0.3, -0.25) is 0 Å². The molecule has 110 valence electrons. The molecule has 0 aliphatic carbocycles. The Balaban J connectivity index is 0. The van der Waals surface area contributed by atoms with Gasteiger partial charge in [-0.25, -0.2) is 0 Å². The van der Waals surface area contributed by atoms with Crippen LogP contribution in [0.2, 0.25) is 0 Å². The largest absolute Gasteiger partial charge is 2.00 e. The Morgan fingerprint density at radius 3 is 2.50 bits per heavy atom. The molecule has 0 saturated carbocycles. The third-order valence-electron chi connectivity index (χ3n) is 2.90. The van der Waals surface area contributed by atoms with E-state index in [1.165, 1.54) is 18.4 Å². The standard InChI is InChI=1S/C16H25O2.HI.Mg/c1-3-8-15(2)9-7-12-17-14-18-13-16-10-5-4-6-11-16;;/h3-6,10-11,15H,7-9,12-14H2,1-2H3;1H;/q-1;;+2/p-1. The van der Waals surface area contributed by atoms with Crippen molar-refractivity contribution >= 4 is 23.1 Å². The molecule has 0 heterocycles. The van der Waals surface area contributed by atoms with Crippen molar-refractivity contribution in [2.45, 2.75) is 39.7 Å². The summed E-state index contributed by atoms with van der Waals surface area (Å²) >= 11 is 0. The van der Waals surface area contributed by atoms with E-state index in [0.29, 0.717) is 13.4 Å². The molecule has 1 rings (SSSR count). The van der Waals surface area contributed by atoms with Crippen molar-refractivity contribution in [3.05, 3.63) is 42.3 Å². The van der Waals surface area contributed by atoms with E-state index in [0.717, 1.165) is 18.9 Å². The summed E-state index contributed by atoms with van der Waals surface area (Å²) in [7, 11) is 0. The van der Waals surface area contributed by atoms with Gasteiger partial charge in [-0.2, -0.15) is 13.3 Å². The summed E-state index contributed by atoms with van der Waals surface area (Å²) in [5.74, 6) is 0.767. The monoisotopic (exact) mass is 400 g/mol. The molecule has 1 atom stereocenters. The summed E-state index contributed by atoms with van der Waals surface area (Å²) in [6.07, 6.45) is 5.77. The molecule has 0 spiro atoms. The summed E-state index contributed by atoms with van der Waals surface area (Å²) in [4.78, 5) is 0. The molecule has 2 nitrogen and oxygen atoms in total. The van der Waals surface area contributed by atoms with Gasteiger partial charge in [0.2, 0.25) is 0 Å². The van der Waals surface area contributed by atoms with Gasteiger partial charge in [0.25, 0.3) is 0 Å². The molecule has 1 aromatic rings. The van der Waals surface area contributed by atoms with E-state index in [1.54, 1.807) is 0 Å². The van der Waals surface area contributed by atoms with E-state index in [-0.39, 0.29) is 47.0 Å². The zero-order chi connectivity index (χ0) is 13.1. The molecule has 0 aliphatic heterocycles. The second-order valence-electron chi connectivity index (χ2n) is 4.75. The van der Waals surface area contributed by atoms with E-state index in [4.69, 9.17) is 9.47 Å². The van der Waals surface area contributed by atoms with Crippen LogP contribution in [0.1, 0.15) is 38.7 Å². The first-order valence-corrected chi connectivity index (χ1v) is 6.80. The smallest absolute Gasteiger partial charge is 1.00 e. The molecular formula is C16H25IMgO2. The van der Waals surface area contributed by atoms with Crippen LogP contribution in [0.25, 0.3) is 0 Å². The van der Waals surface area contributed by atoms with Crippen molar-refractivity contribution in [3.63, 3.8) is 0 Å². The molecule has 0 fully saturated rings. The van der Waals surface area contributed by atoms with Crippen LogP contribution in [0, 0.1) is 12.3 Å². The number of rotatable bonds is 10. The Morgan fingerprint density at radius 2 is 1.85 bits per heavy atom. The van der Waals surface area contributed by atoms with Crippen molar-refractivity contribution in [1.29, 1.82) is 0 Å². The second kappa shape index (κ2) is 16.0. The summed E-state index contributed by atoms with van der Waals surface area (Å²) in [6.45, 7) is 6.21. The van der Waals surface area contributed by atoms with Crippen LogP contribution in [-0.4, -0.2) is 36.5 Å². The first-order valence-electron chi connectivity index (χ1n) is 6.80. The Hall–Kier alpha value is 0.636. The van der Waals surface area contributed by atoms with Gasteiger partial charge in [-0.15, -0.1) is 0 Å². The SMILES string of the molecule is C[CH-]CC(C)CCCOCOCc1ccccc1.[I-].[Mg+2]. The van der Waals surface area contributed by atoms with Gasteiger partial charge in [0.05, 0.1) is 6.61 Å². The molecule has 4 heteroatoms. The maximum Gasteiger partial charge on any atom is 2.00 e. The third-order valence-corrected chi connectivity index (χ3v) is 2.90. The van der Waals surface area contributed by atoms with E-state index in [9.17, 15) is 0 Å². The Bertz CT molecular complexity index is 296. The van der Waals surface area contributed by atoms with E-state index < -0.39 is 0 Å². The molecule has 20 heavy (non-hydrogen) atoms. The van der Waals surface area contributed by atoms with Gasteiger partial charge in [-0.1, -0.05) is 49.6 Å². The van der Waals surface area contributed by atoms with Crippen LogP contribution in [0.15, 0.2) is 30.3 Å². The topological polar surface area (TPSA) is 18.5 Å². The maximum absolute atomic E-state index is 5.45. The normalized spacial score (nSPS) is 11.3. The van der Waals surface area contributed by atoms with Crippen LogP contribution in [0.5, 0.6) is 0 Å². The third kappa shape index (κ3) is 12.4. The summed E-state index contributed by atoms with van der Waals surface area (Å²) < 4.78 is 10.9. The van der Waals surface area contributed by atoms with Gasteiger partial charge >= 0.3 is 23.1 Å². The predicted octanol–water partition coefficient (Wildman–Crippen LogP) is 0.831. The van der Waals surface area contributed by atoms with Gasteiger partial charge < -0.3 is 39.9 Å². The van der Waals surface area contributed by atoms with Crippen LogP contribution >= 0.6 is 0 Å². The average molecular weight is 401 g/mol. The molecule has 0 amide bonds. The average Bonchev–Trinajstić information content (AvgIpc) is 2.39. The van der Waals surface area contributed by atoms with Crippen LogP contribution in [0.4, 0.5) is 0 Å². The molecule has 0 saturated heterocycles. The Kier molecular flexibility index (Phi) is 18.3. The van der Waals surface area contributed by atoms with Crippen LogP contribution < -0.4 is 24.0 Å². The fourth-order valence-corrected chi connectivity index (χ4v) is 1.91. The summed E-state index contributed by atoms with van der Waals surface area (Å²) in [6, 6.07) is 10.2. The number of hydrogen-bond donors (Lipinski definition) is 0. The van der Waals surface area contributed by atoms with Crippen molar-refractivity contribution in [1.82, 2.24) is 0 Å². The fraction of sp³-hybridized carbons (Fsp3) is 0.562. The van der Waals surface area contributed by atoms with Crippen molar-refractivity contribution < 1.29 is 33.5 Å². The predicted molar refractivity (Wildman–Crippen MR) is 80.8 cm³/mol. The summed E-state index contributed by atoms with van der Waals surface area (Å²) in [5, 5.41) is 0. The first-order chi connectivity index (χ1) is 8.83. The zero-order valence-corrected chi connectivity index (χ0v) is 16.3. The van der Waals surface area contributed by atoms with Crippen molar-refractivity contribution in [2.75, 3.05) is 13.4 Å². The molecule has 0 aliphatic rings. The molecule has 0 N–H and O–H groups in total. The van der Waals surface area contributed by atoms with E-state index in [1.807, 2.05) is 18.2 Å². The van der Waals surface area contributed by atoms with Crippen molar-refractivity contribution in [3.8, 4) is 0 Å². The molecule has 0 bridgehead atoms. The number of ether oxygens (including phenoxy) is 2. The Labute approximate surface area is 157 Å². The Morgan fingerprint density at radius 1 is 1.15 bits per heavy atom. The minimum absolute atomic E-state index is 0. The first kappa shape index (κ1) is 22.9. The quantitative estimate of drug-likeness (QED) is 0.190. The maximum atomic E-state index is 5.45. The summed E-state index contributed by atoms with van der Waals surface area (Å²) in [5.41, 5.74) is 1.19. The number of benzene rings is 1. The molecule has 1 unspecified atom stereocenters. The second-order valence-corrected chi connectivity index (χ2v) is 4.75. The minimum Gasteiger partial charge on any atom is -1.00 e. The van der Waals surface area contributed by atoms with Crippen molar-refractivity contribution in [2.24, 2.45) is 5.92 Å². The van der Waals surface area contributed by atoms with E-state index in [2.05, 4.69) is 32.4 Å². The van der Waals surface area contributed by atoms with Crippen LogP contribution in [-0.2, 0) is 16.1 Å². The molecule has 0 radical (unpaired) electrons. The molecular weight excluding hydrogens is 375 g/mol. The molecule has 1 aromatic carbocycles. The zero-order valence-electron chi connectivity index (χ0n) is 12.7. The van der Waals surface area contributed by atoms with Gasteiger partial charge in [0, 0.05) is 6.61 Å².